The third-order valence-electron chi connectivity index (χ3n) is 6.00. The van der Waals surface area contributed by atoms with Crippen molar-refractivity contribution < 1.29 is 4.74 Å². The average Bonchev–Trinajstić information content (AvgIpc) is 2.49. The van der Waals surface area contributed by atoms with E-state index in [-0.39, 0.29) is 0 Å². The van der Waals surface area contributed by atoms with Crippen molar-refractivity contribution in [3.8, 4) is 5.75 Å². The molecule has 2 heteroatoms. The summed E-state index contributed by atoms with van der Waals surface area (Å²) in [6.45, 7) is 5.97. The van der Waals surface area contributed by atoms with E-state index < -0.39 is 0 Å². The molecule has 110 valence electrons. The van der Waals surface area contributed by atoms with Crippen LogP contribution in [0.2, 0.25) is 0 Å². The van der Waals surface area contributed by atoms with Crippen molar-refractivity contribution in [2.75, 3.05) is 20.7 Å². The number of likely N-dealkylation sites (N-methyl/N-ethyl adjacent to an activating group) is 1. The van der Waals surface area contributed by atoms with Gasteiger partial charge in [0.1, 0.15) is 5.75 Å². The lowest BCUT2D eigenvalue weighted by Crippen LogP contribution is -2.58. The number of nitrogens with zero attached hydrogens (tertiary/aromatic N) is 1. The summed E-state index contributed by atoms with van der Waals surface area (Å²) in [5.74, 6) is 1.80. The lowest BCUT2D eigenvalue weighted by molar-refractivity contribution is 0.0257. The minimum absolute atomic E-state index is 0.369. The maximum atomic E-state index is 5.49. The van der Waals surface area contributed by atoms with Crippen molar-refractivity contribution in [3.63, 3.8) is 0 Å². The van der Waals surface area contributed by atoms with Crippen LogP contribution >= 0.6 is 0 Å². The first-order chi connectivity index (χ1) is 9.66. The summed E-state index contributed by atoms with van der Waals surface area (Å²) >= 11 is 0. The molecule has 2 nitrogen and oxygen atoms in total. The molecule has 1 heterocycles. The second-order valence-electron chi connectivity index (χ2n) is 6.55. The zero-order chi connectivity index (χ0) is 14.3. The number of fused-ring (bicyclic) bond motifs is 4. The highest BCUT2D eigenvalue weighted by molar-refractivity contribution is 5.45. The molecule has 2 aliphatic rings. The van der Waals surface area contributed by atoms with Gasteiger partial charge in [-0.15, -0.1) is 0 Å². The van der Waals surface area contributed by atoms with E-state index in [2.05, 4.69) is 44.0 Å². The topological polar surface area (TPSA) is 12.5 Å². The van der Waals surface area contributed by atoms with Gasteiger partial charge in [0.05, 0.1) is 7.11 Å². The summed E-state index contributed by atoms with van der Waals surface area (Å²) in [7, 11) is 4.08. The molecule has 3 rings (SSSR count). The molecule has 20 heavy (non-hydrogen) atoms. The fourth-order valence-electron chi connectivity index (χ4n) is 4.88. The number of methoxy groups -OCH3 is 1. The minimum atomic E-state index is 0.369. The highest BCUT2D eigenvalue weighted by atomic mass is 16.5. The second kappa shape index (κ2) is 5.07. The molecule has 0 amide bonds. The van der Waals surface area contributed by atoms with Crippen LogP contribution in [-0.2, 0) is 11.8 Å². The zero-order valence-electron chi connectivity index (χ0n) is 13.3. The Bertz CT molecular complexity index is 498. The zero-order valence-corrected chi connectivity index (χ0v) is 13.3. The third kappa shape index (κ3) is 1.81. The number of benzene rings is 1. The van der Waals surface area contributed by atoms with Crippen LogP contribution in [-0.4, -0.2) is 31.6 Å². The van der Waals surface area contributed by atoms with Crippen LogP contribution in [0.3, 0.4) is 0 Å². The fourth-order valence-corrected chi connectivity index (χ4v) is 4.88. The van der Waals surface area contributed by atoms with E-state index in [9.17, 15) is 0 Å². The van der Waals surface area contributed by atoms with E-state index in [1.807, 2.05) is 0 Å². The van der Waals surface area contributed by atoms with E-state index in [1.165, 1.54) is 32.2 Å². The van der Waals surface area contributed by atoms with Crippen LogP contribution in [0.15, 0.2) is 18.2 Å². The van der Waals surface area contributed by atoms with Crippen molar-refractivity contribution in [2.24, 2.45) is 5.92 Å². The second-order valence-corrected chi connectivity index (χ2v) is 6.55. The Hall–Kier alpha value is -1.02. The predicted octanol–water partition coefficient (Wildman–Crippen LogP) is 3.63. The molecule has 0 spiro atoms. The van der Waals surface area contributed by atoms with Crippen molar-refractivity contribution in [1.82, 2.24) is 4.90 Å². The van der Waals surface area contributed by atoms with E-state index in [0.717, 1.165) is 17.7 Å². The standard InChI is InChI=1S/C18H27NO/c1-5-15-17-11-13-7-8-14(20-4)12-16(13)18(15,6-2)9-10-19(17)3/h7-8,12,15,17H,5-6,9-11H2,1-4H3/t15-,17?,18-/m0/s1. The normalized spacial score (nSPS) is 32.8. The largest absolute Gasteiger partial charge is 0.497 e. The Morgan fingerprint density at radius 2 is 2.15 bits per heavy atom. The van der Waals surface area contributed by atoms with Gasteiger partial charge < -0.3 is 9.64 Å². The van der Waals surface area contributed by atoms with Crippen molar-refractivity contribution in [2.45, 2.75) is 51.0 Å². The molecule has 0 saturated carbocycles. The van der Waals surface area contributed by atoms with E-state index in [4.69, 9.17) is 4.74 Å². The summed E-state index contributed by atoms with van der Waals surface area (Å²) in [6.07, 6.45) is 5.01. The van der Waals surface area contributed by atoms with Crippen molar-refractivity contribution >= 4 is 0 Å². The van der Waals surface area contributed by atoms with Gasteiger partial charge in [-0.2, -0.15) is 0 Å². The molecule has 1 aliphatic carbocycles. The summed E-state index contributed by atoms with van der Waals surface area (Å²) in [5, 5.41) is 0. The molecule has 1 fully saturated rings. The van der Waals surface area contributed by atoms with Crippen LogP contribution < -0.4 is 4.74 Å². The monoisotopic (exact) mass is 273 g/mol. The van der Waals surface area contributed by atoms with Gasteiger partial charge in [-0.25, -0.2) is 0 Å². The molecular formula is C18H27NO. The Morgan fingerprint density at radius 1 is 1.35 bits per heavy atom. The number of likely N-dealkylation sites (tertiary alicyclic amines) is 1. The van der Waals surface area contributed by atoms with Crippen molar-refractivity contribution in [1.29, 1.82) is 0 Å². The smallest absolute Gasteiger partial charge is 0.119 e. The third-order valence-corrected chi connectivity index (χ3v) is 6.00. The fraction of sp³-hybridized carbons (Fsp3) is 0.667. The van der Waals surface area contributed by atoms with Gasteiger partial charge in [0, 0.05) is 11.5 Å². The van der Waals surface area contributed by atoms with Crippen LogP contribution in [0.25, 0.3) is 0 Å². The van der Waals surface area contributed by atoms with Gasteiger partial charge in [-0.1, -0.05) is 26.3 Å². The molecule has 1 aromatic rings. The molecule has 0 N–H and O–H groups in total. The van der Waals surface area contributed by atoms with E-state index >= 15 is 0 Å². The highest BCUT2D eigenvalue weighted by Crippen LogP contribution is 2.52. The molecule has 1 saturated heterocycles. The molecule has 3 atom stereocenters. The van der Waals surface area contributed by atoms with Crippen LogP contribution in [0.1, 0.15) is 44.2 Å². The predicted molar refractivity (Wildman–Crippen MR) is 83.5 cm³/mol. The van der Waals surface area contributed by atoms with E-state index in [0.29, 0.717) is 5.41 Å². The number of rotatable bonds is 3. The lowest BCUT2D eigenvalue weighted by atomic mass is 9.55. The van der Waals surface area contributed by atoms with Crippen LogP contribution in [0.5, 0.6) is 5.75 Å². The maximum absolute atomic E-state index is 5.49. The highest BCUT2D eigenvalue weighted by Gasteiger charge is 2.50. The van der Waals surface area contributed by atoms with Gasteiger partial charge in [-0.05, 0) is 62.0 Å². The summed E-state index contributed by atoms with van der Waals surface area (Å²) < 4.78 is 5.49. The van der Waals surface area contributed by atoms with E-state index in [1.54, 1.807) is 18.2 Å². The molecule has 1 aromatic carbocycles. The Balaban J connectivity index is 2.16. The average molecular weight is 273 g/mol. The number of hydrogen-bond acceptors (Lipinski definition) is 2. The molecular weight excluding hydrogens is 246 g/mol. The maximum Gasteiger partial charge on any atom is 0.119 e. The number of ether oxygens (including phenoxy) is 1. The van der Waals surface area contributed by atoms with Gasteiger partial charge in [0.2, 0.25) is 0 Å². The SMILES string of the molecule is CC[C@H]1C2Cc3ccc(OC)cc3[C@@]1(CC)CCN2C. The Labute approximate surface area is 123 Å². The minimum Gasteiger partial charge on any atom is -0.497 e. The molecule has 0 aromatic heterocycles. The van der Waals surface area contributed by atoms with Crippen LogP contribution in [0, 0.1) is 5.92 Å². The number of hydrogen-bond donors (Lipinski definition) is 0. The Morgan fingerprint density at radius 3 is 2.80 bits per heavy atom. The van der Waals surface area contributed by atoms with Crippen LogP contribution in [0.4, 0.5) is 0 Å². The Kier molecular flexibility index (Phi) is 3.53. The number of piperidine rings is 1. The molecule has 1 aliphatic heterocycles. The molecule has 1 unspecified atom stereocenters. The summed E-state index contributed by atoms with van der Waals surface area (Å²) in [6, 6.07) is 7.47. The molecule has 2 bridgehead atoms. The van der Waals surface area contributed by atoms with Crippen molar-refractivity contribution in [3.05, 3.63) is 29.3 Å². The quantitative estimate of drug-likeness (QED) is 0.834. The first-order valence-corrected chi connectivity index (χ1v) is 8.04. The van der Waals surface area contributed by atoms with Gasteiger partial charge >= 0.3 is 0 Å². The first kappa shape index (κ1) is 13.9. The molecule has 0 radical (unpaired) electrons. The first-order valence-electron chi connectivity index (χ1n) is 8.04. The summed E-state index contributed by atoms with van der Waals surface area (Å²) in [5.41, 5.74) is 3.50. The van der Waals surface area contributed by atoms with Gasteiger partial charge in [-0.3, -0.25) is 0 Å². The van der Waals surface area contributed by atoms with Gasteiger partial charge in [0.15, 0.2) is 0 Å². The van der Waals surface area contributed by atoms with Gasteiger partial charge in [0.25, 0.3) is 0 Å². The lowest BCUT2D eigenvalue weighted by Gasteiger charge is -2.56. The summed E-state index contributed by atoms with van der Waals surface area (Å²) in [4.78, 5) is 2.59.